The SMILES string of the molecule is c1ccc(-c2cccc(-c3cccc(CN4CCOCCOCCN(Cc5cccc(-c6cccc(-c7ccccn7)n6)n5)CCOCCOCC4)n3)n2)nc1. The Morgan fingerprint density at radius 2 is 0.661 bits per heavy atom. The molecule has 6 aromatic rings. The van der Waals surface area contributed by atoms with Crippen LogP contribution in [0.2, 0.25) is 0 Å². The van der Waals surface area contributed by atoms with E-state index in [1.807, 2.05) is 97.1 Å². The Bertz CT molecular complexity index is 1910. The number of ether oxygens (including phenoxy) is 4. The Balaban J connectivity index is 0.904. The van der Waals surface area contributed by atoms with Gasteiger partial charge in [0.25, 0.3) is 0 Å². The molecule has 1 aliphatic rings. The van der Waals surface area contributed by atoms with Gasteiger partial charge in [0, 0.05) is 51.7 Å². The van der Waals surface area contributed by atoms with Gasteiger partial charge in [-0.15, -0.1) is 0 Å². The van der Waals surface area contributed by atoms with Gasteiger partial charge >= 0.3 is 0 Å². The fourth-order valence-corrected chi connectivity index (χ4v) is 6.31. The Kier molecular flexibility index (Phi) is 14.7. The van der Waals surface area contributed by atoms with E-state index in [0.29, 0.717) is 65.9 Å². The highest BCUT2D eigenvalue weighted by Crippen LogP contribution is 2.22. The quantitative estimate of drug-likeness (QED) is 0.179. The summed E-state index contributed by atoms with van der Waals surface area (Å²) in [4.78, 5) is 33.2. The van der Waals surface area contributed by atoms with Crippen molar-refractivity contribution in [1.29, 1.82) is 0 Å². The van der Waals surface area contributed by atoms with Crippen LogP contribution in [0.5, 0.6) is 0 Å². The second kappa shape index (κ2) is 21.1. The van der Waals surface area contributed by atoms with Crippen LogP contribution in [0.1, 0.15) is 11.4 Å². The zero-order valence-corrected chi connectivity index (χ0v) is 31.7. The van der Waals surface area contributed by atoms with Crippen molar-refractivity contribution in [2.24, 2.45) is 0 Å². The predicted octanol–water partition coefficient (Wildman–Crippen LogP) is 6.11. The van der Waals surface area contributed by atoms with E-state index in [1.54, 1.807) is 12.4 Å². The van der Waals surface area contributed by atoms with Crippen molar-refractivity contribution in [3.05, 3.63) is 133 Å². The van der Waals surface area contributed by atoms with Crippen molar-refractivity contribution in [2.45, 2.75) is 13.1 Å². The first-order valence-corrected chi connectivity index (χ1v) is 19.2. The average molecular weight is 753 g/mol. The summed E-state index contributed by atoms with van der Waals surface area (Å²) in [6, 6.07) is 35.7. The molecule has 0 aliphatic carbocycles. The first-order valence-electron chi connectivity index (χ1n) is 19.2. The second-order valence-corrected chi connectivity index (χ2v) is 13.3. The van der Waals surface area contributed by atoms with Gasteiger partial charge in [0.2, 0.25) is 0 Å². The standard InChI is InChI=1S/C44H48N8O4/c1-3-19-45-37(11-1)39-15-7-17-43(49-39)41-13-5-9-35(47-41)33-51-21-25-53-29-31-55-27-23-52(24-28-56-32-30-54-26-22-51)34-36-10-6-14-42(48-36)44-18-8-16-40(50-44)38-12-2-4-20-46-38/h1-20H,21-34H2. The molecule has 0 radical (unpaired) electrons. The molecule has 0 amide bonds. The zero-order chi connectivity index (χ0) is 38.0. The van der Waals surface area contributed by atoms with Crippen molar-refractivity contribution in [3.63, 3.8) is 0 Å². The number of rotatable bonds is 8. The van der Waals surface area contributed by atoms with Crippen molar-refractivity contribution in [3.8, 4) is 45.6 Å². The fraction of sp³-hybridized carbons (Fsp3) is 0.318. The smallest absolute Gasteiger partial charge is 0.0894 e. The lowest BCUT2D eigenvalue weighted by Crippen LogP contribution is -2.33. The maximum Gasteiger partial charge on any atom is 0.0894 e. The molecule has 0 saturated carbocycles. The molecule has 7 rings (SSSR count). The summed E-state index contributed by atoms with van der Waals surface area (Å²) in [5.41, 5.74) is 8.49. The van der Waals surface area contributed by atoms with E-state index in [9.17, 15) is 0 Å². The van der Waals surface area contributed by atoms with Gasteiger partial charge in [-0.1, -0.05) is 36.4 Å². The van der Waals surface area contributed by atoms with Crippen LogP contribution in [0.3, 0.4) is 0 Å². The van der Waals surface area contributed by atoms with Crippen LogP contribution in [-0.4, -0.2) is 119 Å². The molecule has 0 atom stereocenters. The minimum absolute atomic E-state index is 0.521. The molecule has 56 heavy (non-hydrogen) atoms. The first-order chi connectivity index (χ1) is 27.8. The number of nitrogens with zero attached hydrogens (tertiary/aromatic N) is 8. The van der Waals surface area contributed by atoms with Gasteiger partial charge in [-0.25, -0.2) is 19.9 Å². The average Bonchev–Trinajstić information content (AvgIpc) is 3.26. The lowest BCUT2D eigenvalue weighted by atomic mass is 10.2. The number of pyridine rings is 6. The molecule has 1 aliphatic heterocycles. The minimum Gasteiger partial charge on any atom is -0.378 e. The maximum atomic E-state index is 6.01. The molecule has 7 heterocycles. The van der Waals surface area contributed by atoms with Crippen molar-refractivity contribution in [2.75, 3.05) is 79.0 Å². The molecule has 0 spiro atoms. The summed E-state index contributed by atoms with van der Waals surface area (Å²) in [6.07, 6.45) is 3.56. The molecule has 1 saturated heterocycles. The molecular weight excluding hydrogens is 705 g/mol. The van der Waals surface area contributed by atoms with Crippen molar-refractivity contribution < 1.29 is 18.9 Å². The molecule has 1 fully saturated rings. The van der Waals surface area contributed by atoms with Gasteiger partial charge in [0.1, 0.15) is 0 Å². The fourth-order valence-electron chi connectivity index (χ4n) is 6.31. The Morgan fingerprint density at radius 3 is 1.02 bits per heavy atom. The normalized spacial score (nSPS) is 16.1. The Hall–Kier alpha value is -5.34. The summed E-state index contributed by atoms with van der Waals surface area (Å²) in [6.45, 7) is 8.67. The van der Waals surface area contributed by atoms with Gasteiger partial charge in [0.05, 0.1) is 110 Å². The van der Waals surface area contributed by atoms with Crippen LogP contribution in [-0.2, 0) is 32.0 Å². The molecule has 6 aromatic heterocycles. The van der Waals surface area contributed by atoms with Crippen LogP contribution >= 0.6 is 0 Å². The zero-order valence-electron chi connectivity index (χ0n) is 31.7. The highest BCUT2D eigenvalue weighted by molar-refractivity contribution is 5.62. The molecule has 0 bridgehead atoms. The van der Waals surface area contributed by atoms with Crippen LogP contribution < -0.4 is 0 Å². The molecule has 12 nitrogen and oxygen atoms in total. The largest absolute Gasteiger partial charge is 0.378 e. The third-order valence-corrected chi connectivity index (χ3v) is 9.21. The lowest BCUT2D eigenvalue weighted by molar-refractivity contribution is 0.00600. The topological polar surface area (TPSA) is 121 Å². The molecule has 288 valence electrons. The van der Waals surface area contributed by atoms with Crippen LogP contribution in [0, 0.1) is 0 Å². The first kappa shape index (κ1) is 38.9. The van der Waals surface area contributed by atoms with Gasteiger partial charge < -0.3 is 18.9 Å². The minimum atomic E-state index is 0.521. The lowest BCUT2D eigenvalue weighted by Gasteiger charge is -2.23. The van der Waals surface area contributed by atoms with E-state index in [4.69, 9.17) is 38.9 Å². The molecule has 0 N–H and O–H groups in total. The van der Waals surface area contributed by atoms with Crippen molar-refractivity contribution in [1.82, 2.24) is 39.7 Å². The summed E-state index contributed by atoms with van der Waals surface area (Å²) in [5.74, 6) is 0. The van der Waals surface area contributed by atoms with Crippen LogP contribution in [0.25, 0.3) is 45.6 Å². The monoisotopic (exact) mass is 752 g/mol. The number of aromatic nitrogens is 6. The summed E-state index contributed by atoms with van der Waals surface area (Å²) < 4.78 is 24.0. The van der Waals surface area contributed by atoms with Gasteiger partial charge in [0.15, 0.2) is 0 Å². The van der Waals surface area contributed by atoms with Crippen LogP contribution in [0.4, 0.5) is 0 Å². The van der Waals surface area contributed by atoms with E-state index < -0.39 is 0 Å². The summed E-state index contributed by atoms with van der Waals surface area (Å²) in [5, 5.41) is 0. The Labute approximate surface area is 328 Å². The maximum absolute atomic E-state index is 6.01. The molecule has 12 heteroatoms. The van der Waals surface area contributed by atoms with E-state index in [-0.39, 0.29) is 0 Å². The third-order valence-electron chi connectivity index (χ3n) is 9.21. The van der Waals surface area contributed by atoms with E-state index in [1.165, 1.54) is 0 Å². The van der Waals surface area contributed by atoms with E-state index >= 15 is 0 Å². The van der Waals surface area contributed by atoms with Gasteiger partial charge in [-0.3, -0.25) is 19.8 Å². The predicted molar refractivity (Wildman–Crippen MR) is 215 cm³/mol. The highest BCUT2D eigenvalue weighted by atomic mass is 16.5. The molecule has 0 unspecified atom stereocenters. The number of hydrogen-bond donors (Lipinski definition) is 0. The Morgan fingerprint density at radius 1 is 0.339 bits per heavy atom. The van der Waals surface area contributed by atoms with Crippen molar-refractivity contribution >= 4 is 0 Å². The van der Waals surface area contributed by atoms with Crippen LogP contribution in [0.15, 0.2) is 122 Å². The van der Waals surface area contributed by atoms with Gasteiger partial charge in [-0.2, -0.15) is 0 Å². The van der Waals surface area contributed by atoms with Gasteiger partial charge in [-0.05, 0) is 72.8 Å². The van der Waals surface area contributed by atoms with E-state index in [2.05, 4.69) is 31.9 Å². The second-order valence-electron chi connectivity index (χ2n) is 13.3. The summed E-state index contributed by atoms with van der Waals surface area (Å²) >= 11 is 0. The van der Waals surface area contributed by atoms with E-state index in [0.717, 1.165) is 83.1 Å². The molecule has 0 aromatic carbocycles. The number of hydrogen-bond acceptors (Lipinski definition) is 12. The third kappa shape index (κ3) is 11.8. The molecular formula is C44H48N8O4. The summed E-state index contributed by atoms with van der Waals surface area (Å²) in [7, 11) is 0. The highest BCUT2D eigenvalue weighted by Gasteiger charge is 2.13.